The van der Waals surface area contributed by atoms with Crippen LogP contribution >= 0.6 is 11.8 Å². The fraction of sp³-hybridized carbons (Fsp3) is 0.462. The Bertz CT molecular complexity index is 493. The first-order valence-corrected chi connectivity index (χ1v) is 7.22. The van der Waals surface area contributed by atoms with Crippen LogP contribution < -0.4 is 5.32 Å². The van der Waals surface area contributed by atoms with Crippen LogP contribution in [0.5, 0.6) is 0 Å². The van der Waals surface area contributed by atoms with E-state index in [1.54, 1.807) is 42.0 Å². The van der Waals surface area contributed by atoms with Crippen molar-refractivity contribution < 1.29 is 9.59 Å². The molecule has 1 saturated heterocycles. The van der Waals surface area contributed by atoms with Crippen LogP contribution in [-0.4, -0.2) is 47.1 Å². The van der Waals surface area contributed by atoms with Crippen LogP contribution in [0.15, 0.2) is 23.4 Å². The molecule has 0 aliphatic carbocycles. The van der Waals surface area contributed by atoms with E-state index in [1.165, 1.54) is 0 Å². The molecule has 2 rings (SSSR count). The van der Waals surface area contributed by atoms with Gasteiger partial charge in [0, 0.05) is 31.8 Å². The van der Waals surface area contributed by atoms with Gasteiger partial charge in [0.15, 0.2) is 0 Å². The number of carbonyl (C=O) groups excluding carboxylic acids is 2. The van der Waals surface area contributed by atoms with Crippen molar-refractivity contribution in [2.45, 2.75) is 24.4 Å². The van der Waals surface area contributed by atoms with E-state index in [0.717, 1.165) is 10.8 Å². The second-order valence-corrected chi connectivity index (χ2v) is 5.75. The van der Waals surface area contributed by atoms with Crippen molar-refractivity contribution in [1.29, 1.82) is 0 Å². The highest BCUT2D eigenvalue weighted by atomic mass is 32.2. The smallest absolute Gasteiger partial charge is 0.251 e. The number of pyridine rings is 1. The van der Waals surface area contributed by atoms with Gasteiger partial charge >= 0.3 is 0 Å². The summed E-state index contributed by atoms with van der Waals surface area (Å²) in [5, 5.41) is 3.73. The number of hydrogen-bond donors (Lipinski definition) is 1. The van der Waals surface area contributed by atoms with Crippen LogP contribution in [0, 0.1) is 0 Å². The third kappa shape index (κ3) is 3.47. The topological polar surface area (TPSA) is 62.3 Å². The predicted molar refractivity (Wildman–Crippen MR) is 74.1 cm³/mol. The summed E-state index contributed by atoms with van der Waals surface area (Å²) >= 11 is 1.60. The Balaban J connectivity index is 2.00. The van der Waals surface area contributed by atoms with Crippen molar-refractivity contribution in [2.75, 3.05) is 19.3 Å². The molecular weight excluding hydrogens is 262 g/mol. The number of likely N-dealkylation sites (tertiary alicyclic amines) is 1. The van der Waals surface area contributed by atoms with Gasteiger partial charge in [-0.3, -0.25) is 9.59 Å². The lowest BCUT2D eigenvalue weighted by molar-refractivity contribution is -0.126. The minimum atomic E-state index is -0.145. The van der Waals surface area contributed by atoms with E-state index in [0.29, 0.717) is 18.5 Å². The monoisotopic (exact) mass is 279 g/mol. The van der Waals surface area contributed by atoms with E-state index in [1.807, 2.05) is 6.92 Å². The van der Waals surface area contributed by atoms with E-state index in [-0.39, 0.29) is 17.9 Å². The molecule has 1 fully saturated rings. The average molecular weight is 279 g/mol. The number of thioether (sulfide) groups is 1. The molecule has 0 radical (unpaired) electrons. The van der Waals surface area contributed by atoms with Gasteiger partial charge in [0.05, 0.1) is 11.1 Å². The Morgan fingerprint density at radius 1 is 1.63 bits per heavy atom. The zero-order chi connectivity index (χ0) is 13.8. The third-order valence-corrected chi connectivity index (χ3v) is 3.77. The summed E-state index contributed by atoms with van der Waals surface area (Å²) in [5.41, 5.74) is 0.591. The molecule has 1 aliphatic heterocycles. The maximum Gasteiger partial charge on any atom is 0.251 e. The van der Waals surface area contributed by atoms with Gasteiger partial charge in [-0.2, -0.15) is 0 Å². The van der Waals surface area contributed by atoms with E-state index in [9.17, 15) is 9.59 Å². The number of likely N-dealkylation sites (N-methyl/N-ethyl adjacent to an activating group) is 1. The average Bonchev–Trinajstić information content (AvgIpc) is 2.69. The summed E-state index contributed by atoms with van der Waals surface area (Å²) < 4.78 is 0. The van der Waals surface area contributed by atoms with Crippen LogP contribution in [0.3, 0.4) is 0 Å². The maximum atomic E-state index is 12.1. The van der Waals surface area contributed by atoms with Gasteiger partial charge in [-0.05, 0) is 17.9 Å². The summed E-state index contributed by atoms with van der Waals surface area (Å²) in [4.78, 5) is 29.3. The third-order valence-electron chi connectivity index (χ3n) is 2.97. The molecule has 102 valence electrons. The van der Waals surface area contributed by atoms with Gasteiger partial charge in [-0.1, -0.05) is 6.92 Å². The van der Waals surface area contributed by atoms with Crippen LogP contribution in [0.2, 0.25) is 0 Å². The fourth-order valence-corrected chi connectivity index (χ4v) is 2.65. The first-order valence-electron chi connectivity index (χ1n) is 6.24. The molecule has 6 heteroatoms. The van der Waals surface area contributed by atoms with Crippen LogP contribution in [0.4, 0.5) is 0 Å². The largest absolute Gasteiger partial charge is 0.347 e. The van der Waals surface area contributed by atoms with E-state index in [2.05, 4.69) is 10.3 Å². The summed E-state index contributed by atoms with van der Waals surface area (Å²) in [6.45, 7) is 2.62. The number of rotatable bonds is 4. The van der Waals surface area contributed by atoms with Crippen molar-refractivity contribution in [3.8, 4) is 0 Å². The van der Waals surface area contributed by atoms with E-state index in [4.69, 9.17) is 0 Å². The van der Waals surface area contributed by atoms with Gasteiger partial charge < -0.3 is 10.2 Å². The predicted octanol–water partition coefficient (Wildman–Crippen LogP) is 1.15. The molecule has 0 saturated carbocycles. The van der Waals surface area contributed by atoms with Gasteiger partial charge in [0.1, 0.15) is 0 Å². The Kier molecular flexibility index (Phi) is 4.42. The Hall–Kier alpha value is -1.56. The van der Waals surface area contributed by atoms with Crippen LogP contribution in [0.1, 0.15) is 23.7 Å². The zero-order valence-electron chi connectivity index (χ0n) is 11.0. The Morgan fingerprint density at radius 3 is 3.05 bits per heavy atom. The van der Waals surface area contributed by atoms with Gasteiger partial charge in [0.2, 0.25) is 5.91 Å². The molecule has 1 N–H and O–H groups in total. The molecular formula is C13H17N3O2S. The molecule has 2 heterocycles. The van der Waals surface area contributed by atoms with Crippen molar-refractivity contribution >= 4 is 23.6 Å². The second-order valence-electron chi connectivity index (χ2n) is 4.46. The number of hydrogen-bond acceptors (Lipinski definition) is 4. The molecule has 0 bridgehead atoms. The number of carbonyl (C=O) groups is 2. The number of nitrogens with zero attached hydrogens (tertiary/aromatic N) is 2. The lowest BCUT2D eigenvalue weighted by Crippen LogP contribution is -2.36. The molecule has 1 aromatic heterocycles. The minimum Gasteiger partial charge on any atom is -0.347 e. The highest BCUT2D eigenvalue weighted by molar-refractivity contribution is 7.99. The summed E-state index contributed by atoms with van der Waals surface area (Å²) in [6.07, 6.45) is 2.02. The molecule has 0 aromatic carbocycles. The molecule has 2 amide bonds. The highest BCUT2D eigenvalue weighted by Gasteiger charge is 2.28. The molecule has 1 aliphatic rings. The summed E-state index contributed by atoms with van der Waals surface area (Å²) in [6, 6.07) is 3.37. The molecule has 5 nitrogen and oxygen atoms in total. The molecule has 0 spiro atoms. The molecule has 19 heavy (non-hydrogen) atoms. The number of aromatic nitrogens is 1. The van der Waals surface area contributed by atoms with Crippen molar-refractivity contribution in [3.63, 3.8) is 0 Å². The normalized spacial score (nSPS) is 18.7. The van der Waals surface area contributed by atoms with Gasteiger partial charge in [-0.25, -0.2) is 4.98 Å². The standard InChI is InChI=1S/C13H17N3O2S/c1-3-19-11-6-9(4-5-14-11)13(18)15-10-7-12(17)16(2)8-10/h4-6,10H,3,7-8H2,1-2H3,(H,15,18)/t10-/m0/s1. The quantitative estimate of drug-likeness (QED) is 0.840. The summed E-state index contributed by atoms with van der Waals surface area (Å²) in [7, 11) is 1.75. The lowest BCUT2D eigenvalue weighted by atomic mass is 10.2. The summed E-state index contributed by atoms with van der Waals surface area (Å²) in [5.74, 6) is 0.843. The zero-order valence-corrected chi connectivity index (χ0v) is 11.9. The highest BCUT2D eigenvalue weighted by Crippen LogP contribution is 2.16. The maximum absolute atomic E-state index is 12.1. The Morgan fingerprint density at radius 2 is 2.42 bits per heavy atom. The second kappa shape index (κ2) is 6.06. The molecule has 1 atom stereocenters. The first kappa shape index (κ1) is 13.9. The lowest BCUT2D eigenvalue weighted by Gasteiger charge is -2.12. The molecule has 1 aromatic rings. The van der Waals surface area contributed by atoms with Gasteiger partial charge in [0.25, 0.3) is 5.91 Å². The van der Waals surface area contributed by atoms with E-state index >= 15 is 0 Å². The van der Waals surface area contributed by atoms with E-state index < -0.39 is 0 Å². The van der Waals surface area contributed by atoms with Crippen LogP contribution in [0.25, 0.3) is 0 Å². The molecule has 0 unspecified atom stereocenters. The van der Waals surface area contributed by atoms with Crippen molar-refractivity contribution in [2.24, 2.45) is 0 Å². The van der Waals surface area contributed by atoms with Crippen molar-refractivity contribution in [1.82, 2.24) is 15.2 Å². The Labute approximate surface area is 116 Å². The number of nitrogens with one attached hydrogen (secondary N) is 1. The fourth-order valence-electron chi connectivity index (χ4n) is 2.01. The van der Waals surface area contributed by atoms with Crippen molar-refractivity contribution in [3.05, 3.63) is 23.9 Å². The van der Waals surface area contributed by atoms with Gasteiger partial charge in [-0.15, -0.1) is 11.8 Å². The first-order chi connectivity index (χ1) is 9.10. The SMILES string of the molecule is CCSc1cc(C(=O)N[C@H]2CC(=O)N(C)C2)ccn1. The minimum absolute atomic E-state index is 0.0715. The number of amides is 2. The van der Waals surface area contributed by atoms with Crippen LogP contribution in [-0.2, 0) is 4.79 Å².